The minimum absolute atomic E-state index is 0.782. The lowest BCUT2D eigenvalue weighted by molar-refractivity contribution is 1.36. The molecule has 1 nitrogen and oxygen atoms in total. The molecule has 0 aliphatic carbocycles. The summed E-state index contributed by atoms with van der Waals surface area (Å²) in [5.41, 5.74) is 3.81. The van der Waals surface area contributed by atoms with E-state index in [0.29, 0.717) is 0 Å². The molecule has 0 saturated carbocycles. The Labute approximate surface area is 133 Å². The Kier molecular flexibility index (Phi) is 7.70. The van der Waals surface area contributed by atoms with Crippen molar-refractivity contribution >= 4 is 11.8 Å². The van der Waals surface area contributed by atoms with Crippen LogP contribution in [0.25, 0.3) is 5.57 Å². The van der Waals surface area contributed by atoms with Crippen molar-refractivity contribution in [2.45, 2.75) is 0 Å². The van der Waals surface area contributed by atoms with Gasteiger partial charge >= 0.3 is 0 Å². The predicted molar refractivity (Wildman–Crippen MR) is 99.9 cm³/mol. The third-order valence-corrected chi connectivity index (χ3v) is 2.83. The lowest BCUT2D eigenvalue weighted by Gasteiger charge is -2.06. The fourth-order valence-corrected chi connectivity index (χ4v) is 1.85. The summed E-state index contributed by atoms with van der Waals surface area (Å²) >= 11 is 0. The Morgan fingerprint density at radius 2 is 1.55 bits per heavy atom. The molecule has 0 atom stereocenters. The van der Waals surface area contributed by atoms with E-state index in [1.807, 2.05) is 54.6 Å². The van der Waals surface area contributed by atoms with Crippen LogP contribution in [0.1, 0.15) is 5.56 Å². The van der Waals surface area contributed by atoms with Crippen molar-refractivity contribution in [3.8, 4) is 0 Å². The monoisotopic (exact) mass is 287 g/mol. The summed E-state index contributed by atoms with van der Waals surface area (Å²) in [6.45, 7) is 15.1. The van der Waals surface area contributed by atoms with E-state index in [1.54, 1.807) is 24.4 Å². The van der Waals surface area contributed by atoms with Crippen molar-refractivity contribution in [3.63, 3.8) is 0 Å². The average molecular weight is 287 g/mol. The van der Waals surface area contributed by atoms with Gasteiger partial charge in [0.1, 0.15) is 0 Å². The summed E-state index contributed by atoms with van der Waals surface area (Å²) in [7, 11) is 0. The van der Waals surface area contributed by atoms with Gasteiger partial charge in [0.15, 0.2) is 0 Å². The summed E-state index contributed by atoms with van der Waals surface area (Å²) in [6, 6.07) is 10.1. The van der Waals surface area contributed by atoms with Gasteiger partial charge in [-0.3, -0.25) is 4.99 Å². The van der Waals surface area contributed by atoms with E-state index in [2.05, 4.69) is 31.3 Å². The fraction of sp³-hybridized carbons (Fsp3) is 0. The van der Waals surface area contributed by atoms with Gasteiger partial charge in [0.25, 0.3) is 0 Å². The molecule has 0 amide bonds. The first-order chi connectivity index (χ1) is 10.8. The van der Waals surface area contributed by atoms with Crippen molar-refractivity contribution in [1.29, 1.82) is 0 Å². The number of aliphatic imine (C=N–C) groups is 1. The Bertz CT molecular complexity index is 652. The van der Waals surface area contributed by atoms with Crippen LogP contribution in [0.15, 0.2) is 115 Å². The molecular weight excluding hydrogens is 266 g/mol. The quantitative estimate of drug-likeness (QED) is 0.430. The zero-order valence-electron chi connectivity index (χ0n) is 12.8. The average Bonchev–Trinajstić information content (AvgIpc) is 2.56. The predicted octanol–water partition coefficient (Wildman–Crippen LogP) is 5.70. The second-order valence-corrected chi connectivity index (χ2v) is 4.33. The fourth-order valence-electron chi connectivity index (χ4n) is 1.85. The van der Waals surface area contributed by atoms with Crippen LogP contribution in [-0.2, 0) is 0 Å². The number of hydrogen-bond acceptors (Lipinski definition) is 1. The summed E-state index contributed by atoms with van der Waals surface area (Å²) in [6.07, 6.45) is 14.3. The standard InChI is InChI=1S/C21H21N/c1-5-12-20(21(13-6-2)22-16-7-3)17-18(8-4)19-14-10-9-11-15-19/h5-17H,1-4H2/b18-17+,20-12+,21-13-,22-16?. The van der Waals surface area contributed by atoms with Gasteiger partial charge in [0.2, 0.25) is 0 Å². The molecule has 0 bridgehead atoms. The number of nitrogens with zero attached hydrogens (tertiary/aromatic N) is 1. The molecule has 0 spiro atoms. The molecule has 0 unspecified atom stereocenters. The Morgan fingerprint density at radius 1 is 0.864 bits per heavy atom. The second kappa shape index (κ2) is 9.89. The maximum atomic E-state index is 4.38. The molecule has 0 heterocycles. The van der Waals surface area contributed by atoms with Gasteiger partial charge in [-0.1, -0.05) is 87.0 Å². The van der Waals surface area contributed by atoms with Crippen LogP contribution in [0.2, 0.25) is 0 Å². The van der Waals surface area contributed by atoms with Crippen molar-refractivity contribution in [3.05, 3.63) is 116 Å². The first-order valence-electron chi connectivity index (χ1n) is 6.97. The van der Waals surface area contributed by atoms with E-state index in [-0.39, 0.29) is 0 Å². The molecule has 1 aromatic rings. The molecule has 22 heavy (non-hydrogen) atoms. The van der Waals surface area contributed by atoms with E-state index in [1.165, 1.54) is 0 Å². The van der Waals surface area contributed by atoms with Gasteiger partial charge in [-0.2, -0.15) is 0 Å². The Morgan fingerprint density at radius 3 is 2.09 bits per heavy atom. The van der Waals surface area contributed by atoms with Crippen molar-refractivity contribution in [1.82, 2.24) is 0 Å². The highest BCUT2D eigenvalue weighted by atomic mass is 14.7. The number of benzene rings is 1. The molecule has 0 fully saturated rings. The third-order valence-electron chi connectivity index (χ3n) is 2.83. The van der Waals surface area contributed by atoms with Crippen LogP contribution in [0, 0.1) is 0 Å². The summed E-state index contributed by atoms with van der Waals surface area (Å²) in [5, 5.41) is 0. The Balaban J connectivity index is 3.35. The number of allylic oxidation sites excluding steroid dienone is 8. The molecule has 0 N–H and O–H groups in total. The van der Waals surface area contributed by atoms with E-state index < -0.39 is 0 Å². The SMILES string of the molecule is C=CC=NC(=C\C=C)/C(=C/C=C)/C=C(\C=C)c1ccccc1. The normalized spacial score (nSPS) is 13.0. The smallest absolute Gasteiger partial charge is 0.0701 e. The summed E-state index contributed by atoms with van der Waals surface area (Å²) in [5.74, 6) is 0. The molecule has 0 aliphatic rings. The number of hydrogen-bond donors (Lipinski definition) is 0. The molecule has 0 aliphatic heterocycles. The molecular formula is C21H21N. The first kappa shape index (κ1) is 17.1. The van der Waals surface area contributed by atoms with E-state index in [9.17, 15) is 0 Å². The van der Waals surface area contributed by atoms with Gasteiger partial charge in [-0.25, -0.2) is 0 Å². The molecule has 1 heteroatoms. The van der Waals surface area contributed by atoms with Crippen LogP contribution in [0.4, 0.5) is 0 Å². The third kappa shape index (κ3) is 5.22. The minimum atomic E-state index is 0.782. The van der Waals surface area contributed by atoms with E-state index in [4.69, 9.17) is 0 Å². The highest BCUT2D eigenvalue weighted by molar-refractivity contribution is 5.78. The Hall–Kier alpha value is -2.93. The highest BCUT2D eigenvalue weighted by Gasteiger charge is 2.03. The lowest BCUT2D eigenvalue weighted by Crippen LogP contribution is -1.88. The van der Waals surface area contributed by atoms with Gasteiger partial charge < -0.3 is 0 Å². The van der Waals surface area contributed by atoms with Gasteiger partial charge in [0.05, 0.1) is 5.70 Å². The molecule has 0 aromatic heterocycles. The van der Waals surface area contributed by atoms with Gasteiger partial charge in [-0.15, -0.1) is 0 Å². The van der Waals surface area contributed by atoms with Gasteiger partial charge in [0, 0.05) is 11.8 Å². The second-order valence-electron chi connectivity index (χ2n) is 4.33. The summed E-state index contributed by atoms with van der Waals surface area (Å²) in [4.78, 5) is 4.38. The molecule has 0 saturated heterocycles. The number of rotatable bonds is 8. The maximum absolute atomic E-state index is 4.38. The first-order valence-corrected chi connectivity index (χ1v) is 6.97. The minimum Gasteiger partial charge on any atom is -0.256 e. The van der Waals surface area contributed by atoms with Crippen molar-refractivity contribution < 1.29 is 0 Å². The van der Waals surface area contributed by atoms with Crippen LogP contribution in [0.5, 0.6) is 0 Å². The zero-order valence-corrected chi connectivity index (χ0v) is 12.8. The maximum Gasteiger partial charge on any atom is 0.0701 e. The van der Waals surface area contributed by atoms with E-state index >= 15 is 0 Å². The highest BCUT2D eigenvalue weighted by Crippen LogP contribution is 2.22. The summed E-state index contributed by atoms with van der Waals surface area (Å²) < 4.78 is 0. The zero-order chi connectivity index (χ0) is 16.2. The largest absolute Gasteiger partial charge is 0.256 e. The van der Waals surface area contributed by atoms with Crippen molar-refractivity contribution in [2.75, 3.05) is 0 Å². The van der Waals surface area contributed by atoms with Crippen LogP contribution >= 0.6 is 0 Å². The van der Waals surface area contributed by atoms with Crippen LogP contribution < -0.4 is 0 Å². The van der Waals surface area contributed by atoms with Gasteiger partial charge in [-0.05, 0) is 23.3 Å². The van der Waals surface area contributed by atoms with Crippen LogP contribution in [-0.4, -0.2) is 6.21 Å². The molecule has 1 aromatic carbocycles. The molecule has 0 radical (unpaired) electrons. The molecule has 110 valence electrons. The van der Waals surface area contributed by atoms with E-state index in [0.717, 1.165) is 22.4 Å². The topological polar surface area (TPSA) is 12.4 Å². The van der Waals surface area contributed by atoms with Crippen molar-refractivity contribution in [2.24, 2.45) is 4.99 Å². The lowest BCUT2D eigenvalue weighted by atomic mass is 10.0. The molecule has 1 rings (SSSR count). The van der Waals surface area contributed by atoms with Crippen LogP contribution in [0.3, 0.4) is 0 Å².